The quantitative estimate of drug-likeness (QED) is 0.489. The Kier molecular flexibility index (Phi) is 5.58. The van der Waals surface area contributed by atoms with Gasteiger partial charge in [0.25, 0.3) is 0 Å². The van der Waals surface area contributed by atoms with Gasteiger partial charge in [0.2, 0.25) is 0 Å². The first-order chi connectivity index (χ1) is 14.3. The van der Waals surface area contributed by atoms with Gasteiger partial charge in [0, 0.05) is 24.7 Å². The van der Waals surface area contributed by atoms with Crippen molar-refractivity contribution in [3.05, 3.63) is 0 Å². The maximum atomic E-state index is 12.6. The first-order valence-electron chi connectivity index (χ1n) is 12.7. The summed E-state index contributed by atoms with van der Waals surface area (Å²) in [6.07, 6.45) is 9.37. The average Bonchev–Trinajstić information content (AvgIpc) is 2.93. The molecule has 4 nitrogen and oxygen atoms in total. The van der Waals surface area contributed by atoms with Crippen LogP contribution >= 0.6 is 0 Å². The molecular formula is C27H44O4. The minimum Gasteiger partial charge on any atom is -0.462 e. The molecule has 0 saturated heterocycles. The minimum absolute atomic E-state index is 0.0381. The average molecular weight is 433 g/mol. The van der Waals surface area contributed by atoms with Gasteiger partial charge in [-0.25, -0.2) is 0 Å². The molecule has 0 aromatic carbocycles. The topological polar surface area (TPSA) is 52.6 Å². The van der Waals surface area contributed by atoms with E-state index in [1.54, 1.807) is 6.92 Å². The lowest BCUT2D eigenvalue weighted by molar-refractivity contribution is -0.235. The Bertz CT molecular complexity index is 742. The maximum absolute atomic E-state index is 12.6. The number of esters is 2. The summed E-state index contributed by atoms with van der Waals surface area (Å²) in [7, 11) is 0. The van der Waals surface area contributed by atoms with Crippen LogP contribution in [0.1, 0.15) is 106 Å². The van der Waals surface area contributed by atoms with Crippen molar-refractivity contribution in [2.45, 2.75) is 118 Å². The molecule has 31 heavy (non-hydrogen) atoms. The number of carbonyl (C=O) groups is 2. The summed E-state index contributed by atoms with van der Waals surface area (Å²) in [5.74, 6) is 0.926. The smallest absolute Gasteiger partial charge is 0.306 e. The molecule has 176 valence electrons. The molecule has 1 spiro atoms. The van der Waals surface area contributed by atoms with Gasteiger partial charge in [-0.15, -0.1) is 0 Å². The van der Waals surface area contributed by atoms with Crippen LogP contribution in [-0.4, -0.2) is 24.1 Å². The first-order valence-corrected chi connectivity index (χ1v) is 12.7. The second kappa shape index (κ2) is 7.48. The van der Waals surface area contributed by atoms with Gasteiger partial charge < -0.3 is 9.47 Å². The predicted molar refractivity (Wildman–Crippen MR) is 121 cm³/mol. The van der Waals surface area contributed by atoms with Crippen LogP contribution in [0.5, 0.6) is 0 Å². The number of rotatable bonds is 4. The molecular weight excluding hydrogens is 388 g/mol. The highest BCUT2D eigenvalue weighted by atomic mass is 16.6. The Hall–Kier alpha value is -1.06. The molecule has 0 aromatic rings. The van der Waals surface area contributed by atoms with E-state index >= 15 is 0 Å². The normalized spacial score (nSPS) is 45.5. The van der Waals surface area contributed by atoms with E-state index in [0.717, 1.165) is 25.7 Å². The molecule has 7 atom stereocenters. The molecule has 2 bridgehead atoms. The fraction of sp³-hybridized carbons (Fsp3) is 0.926. The number of hydrogen-bond acceptors (Lipinski definition) is 4. The monoisotopic (exact) mass is 432 g/mol. The molecule has 0 heterocycles. The van der Waals surface area contributed by atoms with Gasteiger partial charge in [-0.05, 0) is 73.0 Å². The zero-order chi connectivity index (χ0) is 22.8. The summed E-state index contributed by atoms with van der Waals surface area (Å²) in [6, 6.07) is 0. The summed E-state index contributed by atoms with van der Waals surface area (Å²) in [5.41, 5.74) is 0.755. The molecule has 0 aromatic heterocycles. The van der Waals surface area contributed by atoms with Crippen molar-refractivity contribution in [3.63, 3.8) is 0 Å². The second-order valence-corrected chi connectivity index (χ2v) is 13.1. The van der Waals surface area contributed by atoms with Crippen molar-refractivity contribution in [3.8, 4) is 0 Å². The van der Waals surface area contributed by atoms with Crippen LogP contribution in [0, 0.1) is 39.4 Å². The Morgan fingerprint density at radius 3 is 2.32 bits per heavy atom. The highest BCUT2D eigenvalue weighted by molar-refractivity contribution is 5.70. The lowest BCUT2D eigenvalue weighted by atomic mass is 9.37. The molecule has 7 unspecified atom stereocenters. The minimum atomic E-state index is -0.169. The fourth-order valence-electron chi connectivity index (χ4n) is 8.92. The van der Waals surface area contributed by atoms with E-state index in [9.17, 15) is 9.59 Å². The van der Waals surface area contributed by atoms with Crippen molar-refractivity contribution < 1.29 is 19.1 Å². The predicted octanol–water partition coefficient (Wildman–Crippen LogP) is 6.31. The molecule has 4 rings (SSSR count). The van der Waals surface area contributed by atoms with Crippen molar-refractivity contribution >= 4 is 11.9 Å². The van der Waals surface area contributed by atoms with Gasteiger partial charge >= 0.3 is 11.9 Å². The number of fused-ring (bicyclic) bond motifs is 2. The SMILES string of the molecule is CC(=O)OC1CC2C(C)(C)CCCC2(C)C23CCC(C)(C2)C(OC(=O)CC(C)C)CC13. The van der Waals surface area contributed by atoms with Crippen LogP contribution in [-0.2, 0) is 19.1 Å². The third kappa shape index (κ3) is 3.55. The van der Waals surface area contributed by atoms with Gasteiger partial charge in [-0.3, -0.25) is 9.59 Å². The molecule has 4 aliphatic rings. The standard InChI is InChI=1S/C27H44O4/c1-17(2)13-23(29)31-22-14-19-20(30-18(3)28)15-21-24(4,5)9-8-10-26(21,7)27(19)12-11-25(22,6)16-27/h17,19-22H,8-16H2,1-7H3. The third-order valence-electron chi connectivity index (χ3n) is 10.3. The molecule has 4 fully saturated rings. The van der Waals surface area contributed by atoms with E-state index in [2.05, 4.69) is 41.5 Å². The largest absolute Gasteiger partial charge is 0.462 e. The maximum Gasteiger partial charge on any atom is 0.306 e. The molecule has 4 saturated carbocycles. The van der Waals surface area contributed by atoms with E-state index in [4.69, 9.17) is 9.47 Å². The molecule has 0 amide bonds. The Morgan fingerprint density at radius 2 is 1.68 bits per heavy atom. The highest BCUT2D eigenvalue weighted by Crippen LogP contribution is 2.76. The highest BCUT2D eigenvalue weighted by Gasteiger charge is 2.72. The van der Waals surface area contributed by atoms with Gasteiger partial charge in [0.05, 0.1) is 0 Å². The molecule has 0 aliphatic heterocycles. The number of ether oxygens (including phenoxy) is 2. The molecule has 4 aliphatic carbocycles. The summed E-state index contributed by atoms with van der Waals surface area (Å²) in [6.45, 7) is 15.5. The second-order valence-electron chi connectivity index (χ2n) is 13.1. The lowest BCUT2D eigenvalue weighted by Crippen LogP contribution is -2.64. The first kappa shape index (κ1) is 23.1. The van der Waals surface area contributed by atoms with Crippen molar-refractivity contribution in [2.75, 3.05) is 0 Å². The van der Waals surface area contributed by atoms with Gasteiger partial charge in [-0.2, -0.15) is 0 Å². The summed E-state index contributed by atoms with van der Waals surface area (Å²) < 4.78 is 12.2. The third-order valence-corrected chi connectivity index (χ3v) is 10.3. The molecule has 0 N–H and O–H groups in total. The van der Waals surface area contributed by atoms with Crippen LogP contribution in [0.25, 0.3) is 0 Å². The van der Waals surface area contributed by atoms with E-state index in [1.165, 1.54) is 25.7 Å². The lowest BCUT2D eigenvalue weighted by Gasteiger charge is -2.68. The van der Waals surface area contributed by atoms with Gasteiger partial charge in [-0.1, -0.05) is 48.0 Å². The van der Waals surface area contributed by atoms with Crippen LogP contribution in [0.3, 0.4) is 0 Å². The zero-order valence-corrected chi connectivity index (χ0v) is 20.9. The Morgan fingerprint density at radius 1 is 0.968 bits per heavy atom. The van der Waals surface area contributed by atoms with Crippen LogP contribution in [0.2, 0.25) is 0 Å². The summed E-state index contributed by atoms with van der Waals surface area (Å²) in [4.78, 5) is 24.8. The van der Waals surface area contributed by atoms with Crippen LogP contribution < -0.4 is 0 Å². The Labute approximate surface area is 189 Å². The number of hydrogen-bond donors (Lipinski definition) is 0. The van der Waals surface area contributed by atoms with Gasteiger partial charge in [0.1, 0.15) is 12.2 Å². The molecule has 4 heteroatoms. The van der Waals surface area contributed by atoms with E-state index in [-0.39, 0.29) is 45.8 Å². The fourth-order valence-corrected chi connectivity index (χ4v) is 8.92. The summed E-state index contributed by atoms with van der Waals surface area (Å²) in [5, 5.41) is 0. The van der Waals surface area contributed by atoms with Crippen molar-refractivity contribution in [1.82, 2.24) is 0 Å². The molecule has 0 radical (unpaired) electrons. The van der Waals surface area contributed by atoms with Crippen LogP contribution in [0.4, 0.5) is 0 Å². The van der Waals surface area contributed by atoms with Crippen molar-refractivity contribution in [1.29, 1.82) is 0 Å². The zero-order valence-electron chi connectivity index (χ0n) is 20.9. The van der Waals surface area contributed by atoms with E-state index < -0.39 is 0 Å². The van der Waals surface area contributed by atoms with Crippen LogP contribution in [0.15, 0.2) is 0 Å². The van der Waals surface area contributed by atoms with Gasteiger partial charge in [0.15, 0.2) is 0 Å². The Balaban J connectivity index is 1.71. The summed E-state index contributed by atoms with van der Waals surface area (Å²) >= 11 is 0. The van der Waals surface area contributed by atoms with E-state index in [1.807, 2.05) is 0 Å². The number of carbonyl (C=O) groups excluding carboxylic acids is 2. The van der Waals surface area contributed by atoms with Crippen molar-refractivity contribution in [2.24, 2.45) is 39.4 Å². The van der Waals surface area contributed by atoms with E-state index in [0.29, 0.717) is 24.2 Å².